The van der Waals surface area contributed by atoms with E-state index in [-0.39, 0.29) is 5.78 Å². The Balaban J connectivity index is 2.02. The fourth-order valence-corrected chi connectivity index (χ4v) is 3.09. The lowest BCUT2D eigenvalue weighted by Crippen LogP contribution is -2.40. The molecular formula is C18H27NO2. The van der Waals surface area contributed by atoms with Crippen LogP contribution >= 0.6 is 0 Å². The summed E-state index contributed by atoms with van der Waals surface area (Å²) in [4.78, 5) is 15.0. The monoisotopic (exact) mass is 289 g/mol. The van der Waals surface area contributed by atoms with E-state index in [1.165, 1.54) is 0 Å². The second kappa shape index (κ2) is 6.29. The lowest BCUT2D eigenvalue weighted by atomic mass is 9.83. The predicted octanol–water partition coefficient (Wildman–Crippen LogP) is 3.13. The van der Waals surface area contributed by atoms with E-state index in [1.807, 2.05) is 51.1 Å². The summed E-state index contributed by atoms with van der Waals surface area (Å²) in [5.41, 5.74) is -0.177. The predicted molar refractivity (Wildman–Crippen MR) is 85.5 cm³/mol. The molecule has 1 aliphatic heterocycles. The van der Waals surface area contributed by atoms with Crippen molar-refractivity contribution >= 4 is 5.78 Å². The minimum absolute atomic E-state index is 0.194. The fraction of sp³-hybridized carbons (Fsp3) is 0.611. The maximum atomic E-state index is 12.7. The third-order valence-corrected chi connectivity index (χ3v) is 4.43. The van der Waals surface area contributed by atoms with Crippen molar-refractivity contribution < 1.29 is 9.90 Å². The van der Waals surface area contributed by atoms with Crippen molar-refractivity contribution in [3.05, 3.63) is 35.9 Å². The van der Waals surface area contributed by atoms with Gasteiger partial charge in [0.2, 0.25) is 0 Å². The van der Waals surface area contributed by atoms with Crippen molar-refractivity contribution in [3.63, 3.8) is 0 Å². The molecule has 0 bridgehead atoms. The van der Waals surface area contributed by atoms with Gasteiger partial charge in [0.25, 0.3) is 0 Å². The molecule has 3 heteroatoms. The number of ketones is 1. The van der Waals surface area contributed by atoms with Crippen molar-refractivity contribution in [2.45, 2.75) is 45.6 Å². The Labute approximate surface area is 128 Å². The second-order valence-corrected chi connectivity index (χ2v) is 7.21. The molecule has 1 N–H and O–H groups in total. The van der Waals surface area contributed by atoms with E-state index in [4.69, 9.17) is 0 Å². The van der Waals surface area contributed by atoms with E-state index < -0.39 is 11.0 Å². The molecule has 116 valence electrons. The van der Waals surface area contributed by atoms with Gasteiger partial charge in [-0.3, -0.25) is 4.79 Å². The van der Waals surface area contributed by atoms with Crippen LogP contribution in [0, 0.1) is 5.41 Å². The minimum Gasteiger partial charge on any atom is -0.390 e. The molecule has 0 amide bonds. The summed E-state index contributed by atoms with van der Waals surface area (Å²) < 4.78 is 0. The number of hydrogen-bond acceptors (Lipinski definition) is 3. The molecule has 1 atom stereocenters. The molecule has 0 spiro atoms. The Morgan fingerprint density at radius 3 is 2.57 bits per heavy atom. The first kappa shape index (κ1) is 16.2. The summed E-state index contributed by atoms with van der Waals surface area (Å²) in [5, 5.41) is 10.2. The molecule has 1 aliphatic rings. The van der Waals surface area contributed by atoms with Gasteiger partial charge in [-0.05, 0) is 32.7 Å². The molecule has 1 aromatic carbocycles. The molecule has 0 aromatic heterocycles. The first-order chi connectivity index (χ1) is 9.80. The van der Waals surface area contributed by atoms with Gasteiger partial charge in [-0.1, -0.05) is 44.2 Å². The Kier molecular flexibility index (Phi) is 4.84. The van der Waals surface area contributed by atoms with E-state index in [2.05, 4.69) is 4.90 Å². The van der Waals surface area contributed by atoms with Crippen molar-refractivity contribution in [3.8, 4) is 0 Å². The molecule has 0 radical (unpaired) electrons. The normalized spacial score (nSPS) is 24.6. The largest absolute Gasteiger partial charge is 0.390 e. The van der Waals surface area contributed by atoms with E-state index in [0.29, 0.717) is 0 Å². The molecule has 1 heterocycles. The van der Waals surface area contributed by atoms with Gasteiger partial charge in [-0.2, -0.15) is 0 Å². The van der Waals surface area contributed by atoms with Gasteiger partial charge in [0.05, 0.1) is 5.60 Å². The highest BCUT2D eigenvalue weighted by Gasteiger charge is 2.33. The van der Waals surface area contributed by atoms with Gasteiger partial charge in [0, 0.05) is 24.1 Å². The standard InChI is InChI=1S/C18H27NO2/c1-17(2,16(20)15-8-5-4-6-9-15)14-19-12-7-10-18(3,21)11-13-19/h4-6,8-9,21H,7,10-14H2,1-3H3. The van der Waals surface area contributed by atoms with Crippen molar-refractivity contribution in [2.24, 2.45) is 5.41 Å². The number of likely N-dealkylation sites (tertiary alicyclic amines) is 1. The van der Waals surface area contributed by atoms with Crippen molar-refractivity contribution in [1.29, 1.82) is 0 Å². The number of carbonyl (C=O) groups excluding carboxylic acids is 1. The van der Waals surface area contributed by atoms with Crippen LogP contribution in [-0.2, 0) is 0 Å². The Morgan fingerprint density at radius 2 is 1.90 bits per heavy atom. The molecule has 1 unspecified atom stereocenters. The van der Waals surface area contributed by atoms with Gasteiger partial charge in [-0.15, -0.1) is 0 Å². The smallest absolute Gasteiger partial charge is 0.169 e. The zero-order chi connectivity index (χ0) is 15.5. The molecular weight excluding hydrogens is 262 g/mol. The number of hydrogen-bond donors (Lipinski definition) is 1. The van der Waals surface area contributed by atoms with Gasteiger partial charge >= 0.3 is 0 Å². The van der Waals surface area contributed by atoms with Crippen LogP contribution in [0.1, 0.15) is 50.4 Å². The van der Waals surface area contributed by atoms with Crippen LogP contribution in [0.25, 0.3) is 0 Å². The van der Waals surface area contributed by atoms with Gasteiger partial charge in [0.1, 0.15) is 0 Å². The number of nitrogens with zero attached hydrogens (tertiary/aromatic N) is 1. The Bertz CT molecular complexity index is 479. The maximum absolute atomic E-state index is 12.7. The SMILES string of the molecule is CC1(O)CCCN(CC(C)(C)C(=O)c2ccccc2)CC1. The van der Waals surface area contributed by atoms with Crippen LogP contribution in [-0.4, -0.2) is 41.0 Å². The lowest BCUT2D eigenvalue weighted by Gasteiger charge is -2.31. The lowest BCUT2D eigenvalue weighted by molar-refractivity contribution is 0.0431. The molecule has 0 aliphatic carbocycles. The summed E-state index contributed by atoms with van der Waals surface area (Å²) in [6.45, 7) is 8.52. The van der Waals surface area contributed by atoms with Crippen molar-refractivity contribution in [2.75, 3.05) is 19.6 Å². The first-order valence-corrected chi connectivity index (χ1v) is 7.85. The number of Topliss-reactive ketones (excluding diaryl/α,β-unsaturated/α-hetero) is 1. The van der Waals surface area contributed by atoms with Crippen LogP contribution in [0.3, 0.4) is 0 Å². The highest BCUT2D eigenvalue weighted by molar-refractivity contribution is 6.00. The third kappa shape index (κ3) is 4.39. The zero-order valence-corrected chi connectivity index (χ0v) is 13.4. The highest BCUT2D eigenvalue weighted by atomic mass is 16.3. The quantitative estimate of drug-likeness (QED) is 0.866. The zero-order valence-electron chi connectivity index (χ0n) is 13.4. The van der Waals surface area contributed by atoms with E-state index in [0.717, 1.165) is 44.5 Å². The highest BCUT2D eigenvalue weighted by Crippen LogP contribution is 2.27. The van der Waals surface area contributed by atoms with Crippen molar-refractivity contribution in [1.82, 2.24) is 4.90 Å². The van der Waals surface area contributed by atoms with Crippen LogP contribution < -0.4 is 0 Å². The summed E-state index contributed by atoms with van der Waals surface area (Å²) in [5.74, 6) is 0.194. The summed E-state index contributed by atoms with van der Waals surface area (Å²) in [7, 11) is 0. The number of rotatable bonds is 4. The molecule has 1 saturated heterocycles. The van der Waals surface area contributed by atoms with Crippen LogP contribution in [0.15, 0.2) is 30.3 Å². The van der Waals surface area contributed by atoms with E-state index in [1.54, 1.807) is 0 Å². The first-order valence-electron chi connectivity index (χ1n) is 7.85. The fourth-order valence-electron chi connectivity index (χ4n) is 3.09. The van der Waals surface area contributed by atoms with Gasteiger partial charge in [0.15, 0.2) is 5.78 Å². The number of aliphatic hydroxyl groups is 1. The number of benzene rings is 1. The van der Waals surface area contributed by atoms with Gasteiger partial charge in [-0.25, -0.2) is 0 Å². The summed E-state index contributed by atoms with van der Waals surface area (Å²) in [6, 6.07) is 9.52. The topological polar surface area (TPSA) is 40.5 Å². The molecule has 0 saturated carbocycles. The Morgan fingerprint density at radius 1 is 1.24 bits per heavy atom. The van der Waals surface area contributed by atoms with Gasteiger partial charge < -0.3 is 10.0 Å². The number of carbonyl (C=O) groups is 1. The van der Waals surface area contributed by atoms with Crippen LogP contribution in [0.5, 0.6) is 0 Å². The minimum atomic E-state index is -0.553. The average molecular weight is 289 g/mol. The van der Waals surface area contributed by atoms with Crippen LogP contribution in [0.4, 0.5) is 0 Å². The maximum Gasteiger partial charge on any atom is 0.169 e. The van der Waals surface area contributed by atoms with E-state index in [9.17, 15) is 9.90 Å². The molecule has 3 nitrogen and oxygen atoms in total. The molecule has 2 rings (SSSR count). The average Bonchev–Trinajstić information content (AvgIpc) is 2.60. The molecule has 21 heavy (non-hydrogen) atoms. The second-order valence-electron chi connectivity index (χ2n) is 7.21. The van der Waals surface area contributed by atoms with E-state index >= 15 is 0 Å². The third-order valence-electron chi connectivity index (χ3n) is 4.43. The van der Waals surface area contributed by atoms with Crippen LogP contribution in [0.2, 0.25) is 0 Å². The summed E-state index contributed by atoms with van der Waals surface area (Å²) in [6.07, 6.45) is 2.61. The summed E-state index contributed by atoms with van der Waals surface area (Å²) >= 11 is 0. The molecule has 1 aromatic rings. The Hall–Kier alpha value is -1.19. The molecule has 1 fully saturated rings.